The van der Waals surface area contributed by atoms with Gasteiger partial charge in [-0.1, -0.05) is 84.2 Å². The topological polar surface area (TPSA) is 203 Å². The maximum absolute atomic E-state index is 8.12. The van der Waals surface area contributed by atoms with Crippen LogP contribution in [0.25, 0.3) is 51.7 Å². The van der Waals surface area contributed by atoms with Crippen molar-refractivity contribution in [1.29, 1.82) is 0 Å². The first-order valence-electron chi connectivity index (χ1n) is 14.3. The largest absolute Gasteiger partial charge is 2.00 e. The van der Waals surface area contributed by atoms with Crippen molar-refractivity contribution in [2.24, 2.45) is 0 Å². The number of isothiocyanates is 1. The number of nitrogens with zero attached hydrogens (tertiary/aromatic N) is 7. The molecule has 52 heavy (non-hydrogen) atoms. The molecule has 0 spiro atoms. The predicted octanol–water partition coefficient (Wildman–Crippen LogP) is 6.00. The minimum absolute atomic E-state index is 0. The van der Waals surface area contributed by atoms with Crippen LogP contribution in [-0.2, 0) is 48.2 Å². The van der Waals surface area contributed by atoms with Crippen molar-refractivity contribution < 1.29 is 48.2 Å². The van der Waals surface area contributed by atoms with E-state index in [0.717, 1.165) is 45.4 Å². The van der Waals surface area contributed by atoms with Crippen LogP contribution in [0.1, 0.15) is 22.4 Å². The first kappa shape index (κ1) is 45.3. The number of hydrogen-bond acceptors (Lipinski definition) is 12. The summed E-state index contributed by atoms with van der Waals surface area (Å²) in [4.78, 5) is 66.3. The number of benzene rings is 1. The van der Waals surface area contributed by atoms with Crippen LogP contribution in [0.2, 0.25) is 0 Å². The van der Waals surface area contributed by atoms with Gasteiger partial charge in [0.15, 0.2) is 0 Å². The van der Waals surface area contributed by atoms with Gasteiger partial charge in [-0.3, -0.25) is 15.0 Å². The number of rotatable bonds is 5. The number of thiocarbonyl (C=S) groups is 1. The van der Waals surface area contributed by atoms with E-state index in [4.69, 9.17) is 34.2 Å². The average Bonchev–Trinajstić information content (AvgIpc) is 3.60. The minimum atomic E-state index is 0. The zero-order valence-electron chi connectivity index (χ0n) is 27.5. The van der Waals surface area contributed by atoms with Crippen LogP contribution in [0, 0.1) is 13.8 Å². The van der Waals surface area contributed by atoms with Crippen LogP contribution in [0.4, 0.5) is 0 Å². The van der Waals surface area contributed by atoms with Gasteiger partial charge in [0, 0.05) is 30.0 Å². The van der Waals surface area contributed by atoms with Crippen LogP contribution in [-0.4, -0.2) is 48.7 Å². The second-order valence-corrected chi connectivity index (χ2v) is 9.45. The van der Waals surface area contributed by atoms with E-state index >= 15 is 0 Å². The van der Waals surface area contributed by atoms with E-state index in [9.17, 15) is 0 Å². The summed E-state index contributed by atoms with van der Waals surface area (Å²) in [5.41, 5.74) is 9.59. The summed E-state index contributed by atoms with van der Waals surface area (Å²) in [7, 11) is 0. The molecule has 0 radical (unpaired) electrons. The molecule has 0 saturated heterocycles. The van der Waals surface area contributed by atoms with Crippen molar-refractivity contribution in [2.45, 2.75) is 13.8 Å². The molecule has 15 heteroatoms. The van der Waals surface area contributed by atoms with Crippen LogP contribution in [0.15, 0.2) is 116 Å². The van der Waals surface area contributed by atoms with Gasteiger partial charge in [-0.2, -0.15) is 33.9 Å². The molecule has 0 fully saturated rings. The molecule has 0 unspecified atom stereocenters. The number of aryl methyl sites for hydroxylation is 2. The molecule has 1 aromatic carbocycles. The smallest absolute Gasteiger partial charge is 0.753 e. The third-order valence-electron chi connectivity index (χ3n) is 5.86. The molecule has 5 aromatic heterocycles. The standard InChI is InChI=1S/C18H16N3.C15H11N3.CNS.3CO2.Ru/c1-13-3-5-15(6-4-13)7-8-16-9-10-19-17(12-16)18-11-14(2)20-21-18;1-3-10-16-12(6-1)14-8-5-9-15(18-14)13-7-2-4-11-17-13;4*2-1-3;/h3-12H,1-2H3;1-11H;;;;;/q-1;;-1;;;;+2/b8-7+;;;;;;. The molecule has 0 aliphatic carbocycles. The fourth-order valence-electron chi connectivity index (χ4n) is 3.82. The van der Waals surface area contributed by atoms with Crippen molar-refractivity contribution in [3.63, 3.8) is 0 Å². The first-order chi connectivity index (χ1) is 24.8. The maximum atomic E-state index is 8.12. The van der Waals surface area contributed by atoms with Crippen LogP contribution < -0.4 is 5.10 Å². The minimum Gasteiger partial charge on any atom is -0.753 e. The predicted molar refractivity (Wildman–Crippen MR) is 187 cm³/mol. The van der Waals surface area contributed by atoms with Crippen molar-refractivity contribution >= 4 is 48.0 Å². The van der Waals surface area contributed by atoms with E-state index < -0.39 is 0 Å². The Labute approximate surface area is 316 Å². The normalized spacial score (nSPS) is 8.65. The van der Waals surface area contributed by atoms with Crippen LogP contribution in [0.3, 0.4) is 0 Å². The zero-order chi connectivity index (χ0) is 37.7. The second kappa shape index (κ2) is 28.2. The van der Waals surface area contributed by atoms with E-state index in [0.29, 0.717) is 0 Å². The summed E-state index contributed by atoms with van der Waals surface area (Å²) in [6.07, 6.45) is 10.3. The van der Waals surface area contributed by atoms with Gasteiger partial charge in [0.05, 0.1) is 22.8 Å². The summed E-state index contributed by atoms with van der Waals surface area (Å²) < 4.78 is 0. The molecular weight excluding hydrogens is 772 g/mol. The molecule has 0 aliphatic rings. The number of hydrogen-bond donors (Lipinski definition) is 0. The average molecular weight is 799 g/mol. The Kier molecular flexibility index (Phi) is 24.6. The van der Waals surface area contributed by atoms with Gasteiger partial charge in [0.25, 0.3) is 0 Å². The van der Waals surface area contributed by atoms with Gasteiger partial charge in [0.1, 0.15) is 0 Å². The summed E-state index contributed by atoms with van der Waals surface area (Å²) in [6, 6.07) is 31.9. The van der Waals surface area contributed by atoms with Crippen molar-refractivity contribution in [3.05, 3.63) is 143 Å². The summed E-state index contributed by atoms with van der Waals surface area (Å²) in [5, 5.41) is 16.6. The number of aromatic nitrogens is 6. The molecule has 5 heterocycles. The molecule has 260 valence electrons. The quantitative estimate of drug-likeness (QED) is 0.112. The monoisotopic (exact) mass is 799 g/mol. The second-order valence-electron chi connectivity index (χ2n) is 9.27. The molecule has 0 N–H and O–H groups in total. The van der Waals surface area contributed by atoms with Crippen molar-refractivity contribution in [1.82, 2.24) is 30.1 Å². The molecule has 0 atom stereocenters. The van der Waals surface area contributed by atoms with E-state index in [1.54, 1.807) is 18.6 Å². The first-order valence-corrected chi connectivity index (χ1v) is 14.7. The third kappa shape index (κ3) is 18.2. The van der Waals surface area contributed by atoms with Gasteiger partial charge in [-0.05, 0) is 73.5 Å². The number of carbonyl (C=O) groups excluding carboxylic acids is 6. The fraction of sp³-hybridized carbons (Fsp3) is 0.0541. The Hall–Kier alpha value is -6.67. The Morgan fingerprint density at radius 1 is 0.596 bits per heavy atom. The van der Waals surface area contributed by atoms with Gasteiger partial charge in [-0.25, -0.2) is 4.98 Å². The van der Waals surface area contributed by atoms with E-state index in [-0.39, 0.29) is 37.9 Å². The zero-order valence-corrected chi connectivity index (χ0v) is 30.0. The van der Waals surface area contributed by atoms with Crippen molar-refractivity contribution in [3.8, 4) is 34.2 Å². The molecule has 0 saturated carbocycles. The molecule has 6 rings (SSSR count). The van der Waals surface area contributed by atoms with Gasteiger partial charge < -0.3 is 15.6 Å². The van der Waals surface area contributed by atoms with E-state index in [2.05, 4.69) is 85.7 Å². The Morgan fingerprint density at radius 2 is 1.06 bits per heavy atom. The molecule has 0 amide bonds. The van der Waals surface area contributed by atoms with Crippen LogP contribution in [0.5, 0.6) is 0 Å². The third-order valence-corrected chi connectivity index (χ3v) is 5.86. The fourth-order valence-corrected chi connectivity index (χ4v) is 3.82. The Bertz CT molecular complexity index is 1970. The van der Waals surface area contributed by atoms with Crippen LogP contribution >= 0.6 is 12.2 Å². The van der Waals surface area contributed by atoms with Gasteiger partial charge in [-0.15, -0.1) is 0 Å². The molecule has 0 aliphatic heterocycles. The van der Waals surface area contributed by atoms with E-state index in [1.165, 1.54) is 16.3 Å². The van der Waals surface area contributed by atoms with Crippen molar-refractivity contribution in [2.75, 3.05) is 0 Å². The van der Waals surface area contributed by atoms with Gasteiger partial charge >= 0.3 is 37.9 Å². The Morgan fingerprint density at radius 3 is 1.50 bits per heavy atom. The van der Waals surface area contributed by atoms with Gasteiger partial charge in [0.2, 0.25) is 0 Å². The molecular formula is C37H27N7O6RuS. The molecule has 0 bridgehead atoms. The van der Waals surface area contributed by atoms with E-state index in [1.807, 2.05) is 79.7 Å². The maximum Gasteiger partial charge on any atom is 2.00 e. The Balaban J connectivity index is 0.000000762. The summed E-state index contributed by atoms with van der Waals surface area (Å²) >= 11 is 3.70. The summed E-state index contributed by atoms with van der Waals surface area (Å²) in [5.74, 6) is 0. The number of pyridine rings is 4. The molecule has 6 aromatic rings. The SMILES string of the molecule is Cc1ccc(/C=C/c2ccnc(-c3cc(C)n[n-]3)c2)cc1.O=C=O.O=C=O.O=C=O.[N-]=C=S.[Ru+2].c1ccc(-c2cccc(-c3ccccn3)n2)nc1. The summed E-state index contributed by atoms with van der Waals surface area (Å²) in [6.45, 7) is 4.02. The molecule has 13 nitrogen and oxygen atoms in total.